The number of hydrogen-bond acceptors (Lipinski definition) is 5. The van der Waals surface area contributed by atoms with Crippen LogP contribution in [-0.2, 0) is 4.79 Å². The summed E-state index contributed by atoms with van der Waals surface area (Å²) in [7, 11) is 0. The number of amides is 1. The van der Waals surface area contributed by atoms with Crippen molar-refractivity contribution in [1.29, 1.82) is 0 Å². The predicted octanol–water partition coefficient (Wildman–Crippen LogP) is 5.18. The number of aryl methyl sites for hydroxylation is 1. The molecule has 0 radical (unpaired) electrons. The molecule has 1 N–H and O–H groups in total. The molecule has 4 rings (SSSR count). The molecule has 1 aromatic heterocycles. The molecule has 3 aromatic carbocycles. The Morgan fingerprint density at radius 1 is 0.938 bits per heavy atom. The first kappa shape index (κ1) is 21.2. The van der Waals surface area contributed by atoms with Gasteiger partial charge in [-0.2, -0.15) is 0 Å². The highest BCUT2D eigenvalue weighted by atomic mass is 16.5. The zero-order chi connectivity index (χ0) is 22.5. The van der Waals surface area contributed by atoms with E-state index >= 15 is 0 Å². The van der Waals surface area contributed by atoms with Crippen LogP contribution in [0.25, 0.3) is 22.3 Å². The van der Waals surface area contributed by atoms with E-state index in [4.69, 9.17) is 13.9 Å². The molecular formula is C26H23NO5. The molecule has 0 atom stereocenters. The highest BCUT2D eigenvalue weighted by Crippen LogP contribution is 2.31. The monoisotopic (exact) mass is 429 g/mol. The highest BCUT2D eigenvalue weighted by Gasteiger charge is 2.19. The lowest BCUT2D eigenvalue weighted by molar-refractivity contribution is -0.118. The molecule has 0 saturated carbocycles. The third-order valence-electron chi connectivity index (χ3n) is 4.88. The normalized spacial score (nSPS) is 10.7. The van der Waals surface area contributed by atoms with Crippen LogP contribution in [0.4, 0.5) is 5.69 Å². The van der Waals surface area contributed by atoms with Crippen molar-refractivity contribution < 1.29 is 18.7 Å². The van der Waals surface area contributed by atoms with Crippen LogP contribution in [0.3, 0.4) is 0 Å². The number of ether oxygens (including phenoxy) is 2. The van der Waals surface area contributed by atoms with Gasteiger partial charge in [-0.05, 0) is 38.1 Å². The van der Waals surface area contributed by atoms with E-state index in [1.54, 1.807) is 42.5 Å². The topological polar surface area (TPSA) is 77.8 Å². The Bertz CT molecular complexity index is 1310. The number of nitrogens with one attached hydrogen (secondary N) is 1. The van der Waals surface area contributed by atoms with E-state index in [0.717, 1.165) is 5.56 Å². The summed E-state index contributed by atoms with van der Waals surface area (Å²) in [6, 6.07) is 21.6. The van der Waals surface area contributed by atoms with Gasteiger partial charge in [0.1, 0.15) is 11.3 Å². The number of anilines is 1. The van der Waals surface area contributed by atoms with Crippen molar-refractivity contribution in [2.24, 2.45) is 0 Å². The Labute approximate surface area is 185 Å². The SMILES string of the molecule is CCOc1ccccc1NC(=O)COc1c(-c2ccc(C)cc2)oc2ccccc2c1=O. The summed E-state index contributed by atoms with van der Waals surface area (Å²) in [5, 5.41) is 3.16. The third-order valence-corrected chi connectivity index (χ3v) is 4.88. The van der Waals surface area contributed by atoms with E-state index in [9.17, 15) is 9.59 Å². The Morgan fingerprint density at radius 3 is 2.44 bits per heavy atom. The second-order valence-electron chi connectivity index (χ2n) is 7.22. The first-order chi connectivity index (χ1) is 15.6. The Balaban J connectivity index is 1.64. The Hall–Kier alpha value is -4.06. The van der Waals surface area contributed by atoms with E-state index in [-0.39, 0.29) is 23.5 Å². The summed E-state index contributed by atoms with van der Waals surface area (Å²) in [6.07, 6.45) is 0. The molecule has 1 amide bonds. The average molecular weight is 429 g/mol. The highest BCUT2D eigenvalue weighted by molar-refractivity contribution is 5.93. The lowest BCUT2D eigenvalue weighted by atomic mass is 10.1. The number of carbonyl (C=O) groups excluding carboxylic acids is 1. The van der Waals surface area contributed by atoms with Gasteiger partial charge in [0.15, 0.2) is 12.4 Å². The number of carbonyl (C=O) groups is 1. The zero-order valence-corrected chi connectivity index (χ0v) is 17.9. The van der Waals surface area contributed by atoms with E-state index in [1.807, 2.05) is 44.2 Å². The standard InChI is InChI=1S/C26H23NO5/c1-3-30-22-11-7-5-9-20(22)27-23(28)16-31-26-24(29)19-8-4-6-10-21(19)32-25(26)18-14-12-17(2)13-15-18/h4-15H,3,16H2,1-2H3,(H,27,28). The molecule has 0 unspecified atom stereocenters. The molecule has 0 spiro atoms. The predicted molar refractivity (Wildman–Crippen MR) is 124 cm³/mol. The van der Waals surface area contributed by atoms with Gasteiger partial charge in [-0.3, -0.25) is 9.59 Å². The van der Waals surface area contributed by atoms with Crippen LogP contribution in [0.15, 0.2) is 82.0 Å². The maximum absolute atomic E-state index is 13.2. The van der Waals surface area contributed by atoms with E-state index < -0.39 is 5.91 Å². The van der Waals surface area contributed by atoms with E-state index in [2.05, 4.69) is 5.32 Å². The molecule has 0 aliphatic heterocycles. The minimum atomic E-state index is -0.417. The summed E-state index contributed by atoms with van der Waals surface area (Å²) in [5.41, 5.74) is 2.43. The second kappa shape index (κ2) is 9.39. The minimum Gasteiger partial charge on any atom is -0.492 e. The summed E-state index contributed by atoms with van der Waals surface area (Å²) < 4.78 is 17.3. The van der Waals surface area contributed by atoms with Crippen molar-refractivity contribution in [1.82, 2.24) is 0 Å². The van der Waals surface area contributed by atoms with Crippen molar-refractivity contribution in [3.05, 3.63) is 88.6 Å². The first-order valence-electron chi connectivity index (χ1n) is 10.3. The van der Waals surface area contributed by atoms with Crippen LogP contribution < -0.4 is 20.2 Å². The van der Waals surface area contributed by atoms with Gasteiger partial charge in [0.2, 0.25) is 11.2 Å². The smallest absolute Gasteiger partial charge is 0.262 e. The summed E-state index contributed by atoms with van der Waals surface area (Å²) in [4.78, 5) is 25.7. The van der Waals surface area contributed by atoms with Gasteiger partial charge in [0.25, 0.3) is 5.91 Å². The van der Waals surface area contributed by atoms with E-state index in [0.29, 0.717) is 34.6 Å². The van der Waals surface area contributed by atoms with Crippen molar-refractivity contribution in [2.45, 2.75) is 13.8 Å². The summed E-state index contributed by atoms with van der Waals surface area (Å²) in [5.74, 6) is 0.436. The zero-order valence-electron chi connectivity index (χ0n) is 17.9. The number of fused-ring (bicyclic) bond motifs is 1. The molecule has 0 saturated heterocycles. The quantitative estimate of drug-likeness (QED) is 0.438. The van der Waals surface area contributed by atoms with Gasteiger partial charge in [-0.25, -0.2) is 0 Å². The van der Waals surface area contributed by atoms with Gasteiger partial charge >= 0.3 is 0 Å². The molecule has 4 aromatic rings. The molecule has 0 fully saturated rings. The van der Waals surface area contributed by atoms with Crippen LogP contribution in [-0.4, -0.2) is 19.1 Å². The van der Waals surface area contributed by atoms with Crippen molar-refractivity contribution in [3.8, 4) is 22.8 Å². The number of para-hydroxylation sites is 3. The van der Waals surface area contributed by atoms with E-state index in [1.165, 1.54) is 0 Å². The van der Waals surface area contributed by atoms with Crippen LogP contribution in [0.5, 0.6) is 11.5 Å². The fourth-order valence-electron chi connectivity index (χ4n) is 3.33. The Morgan fingerprint density at radius 2 is 1.66 bits per heavy atom. The van der Waals surface area contributed by atoms with Crippen LogP contribution in [0.2, 0.25) is 0 Å². The summed E-state index contributed by atoms with van der Waals surface area (Å²) in [6.45, 7) is 3.96. The first-order valence-corrected chi connectivity index (χ1v) is 10.3. The number of hydrogen-bond donors (Lipinski definition) is 1. The van der Waals surface area contributed by atoms with Crippen molar-refractivity contribution >= 4 is 22.6 Å². The average Bonchev–Trinajstić information content (AvgIpc) is 2.80. The van der Waals surface area contributed by atoms with Gasteiger partial charge in [0.05, 0.1) is 17.7 Å². The van der Waals surface area contributed by atoms with Gasteiger partial charge in [-0.15, -0.1) is 0 Å². The van der Waals surface area contributed by atoms with Gasteiger partial charge in [0, 0.05) is 5.56 Å². The van der Waals surface area contributed by atoms with Gasteiger partial charge < -0.3 is 19.2 Å². The Kier molecular flexibility index (Phi) is 6.22. The maximum atomic E-state index is 13.2. The van der Waals surface area contributed by atoms with Crippen LogP contribution in [0.1, 0.15) is 12.5 Å². The molecule has 0 bridgehead atoms. The molecule has 0 aliphatic carbocycles. The third kappa shape index (κ3) is 4.49. The molecule has 6 heteroatoms. The second-order valence-corrected chi connectivity index (χ2v) is 7.22. The molecule has 162 valence electrons. The number of benzene rings is 3. The fourth-order valence-corrected chi connectivity index (χ4v) is 3.33. The lowest BCUT2D eigenvalue weighted by Gasteiger charge is -2.13. The van der Waals surface area contributed by atoms with Crippen molar-refractivity contribution in [2.75, 3.05) is 18.5 Å². The molecule has 1 heterocycles. The van der Waals surface area contributed by atoms with Gasteiger partial charge in [-0.1, -0.05) is 54.1 Å². The van der Waals surface area contributed by atoms with Crippen molar-refractivity contribution in [3.63, 3.8) is 0 Å². The lowest BCUT2D eigenvalue weighted by Crippen LogP contribution is -2.23. The van der Waals surface area contributed by atoms with Crippen LogP contribution in [0, 0.1) is 6.92 Å². The summed E-state index contributed by atoms with van der Waals surface area (Å²) >= 11 is 0. The molecule has 6 nitrogen and oxygen atoms in total. The molecule has 32 heavy (non-hydrogen) atoms. The number of rotatable bonds is 7. The minimum absolute atomic E-state index is 0.000737. The maximum Gasteiger partial charge on any atom is 0.262 e. The largest absolute Gasteiger partial charge is 0.492 e. The van der Waals surface area contributed by atoms with Crippen LogP contribution >= 0.6 is 0 Å². The molecular weight excluding hydrogens is 406 g/mol. The fraction of sp³-hybridized carbons (Fsp3) is 0.154. The molecule has 0 aliphatic rings.